The van der Waals surface area contributed by atoms with E-state index in [1.807, 2.05) is 30.3 Å². The predicted octanol–water partition coefficient (Wildman–Crippen LogP) is 3.37. The molecule has 7 heteroatoms. The summed E-state index contributed by atoms with van der Waals surface area (Å²) >= 11 is 0. The van der Waals surface area contributed by atoms with Crippen LogP contribution in [0.25, 0.3) is 0 Å². The van der Waals surface area contributed by atoms with Crippen molar-refractivity contribution in [2.75, 3.05) is 32.6 Å². The molecule has 0 aromatic heterocycles. The van der Waals surface area contributed by atoms with Crippen LogP contribution in [0.2, 0.25) is 0 Å². The third-order valence-electron chi connectivity index (χ3n) is 5.86. The number of carbonyl (C=O) groups is 2. The molecule has 2 amide bonds. The van der Waals surface area contributed by atoms with Gasteiger partial charge in [0.05, 0.1) is 32.0 Å². The van der Waals surface area contributed by atoms with Crippen molar-refractivity contribution < 1.29 is 19.1 Å². The molecular formula is C24H29N3O4. The number of para-hydroxylation sites is 1. The molecule has 2 fully saturated rings. The van der Waals surface area contributed by atoms with Crippen LogP contribution in [0, 0.1) is 0 Å². The summed E-state index contributed by atoms with van der Waals surface area (Å²) < 4.78 is 10.9. The fourth-order valence-corrected chi connectivity index (χ4v) is 4.12. The standard InChI is InChI=1S/C24H29N3O4/c1-30-17-11-12-22(31-2)19(14-17)21-8-5-13-27(21)15-23(28)26-20-7-4-3-6-18(20)24(29)25-16-9-10-16/h3-4,6-7,11-12,14,16,21H,5,8-10,13,15H2,1-2H3,(H,25,29)(H,26,28)/t21-/m1/s1. The Morgan fingerprint density at radius 1 is 1.06 bits per heavy atom. The topological polar surface area (TPSA) is 79.9 Å². The second-order valence-electron chi connectivity index (χ2n) is 8.08. The van der Waals surface area contributed by atoms with Crippen molar-refractivity contribution in [1.29, 1.82) is 0 Å². The van der Waals surface area contributed by atoms with Gasteiger partial charge in [-0.05, 0) is 62.6 Å². The van der Waals surface area contributed by atoms with E-state index in [0.717, 1.165) is 49.3 Å². The van der Waals surface area contributed by atoms with Crippen molar-refractivity contribution in [2.24, 2.45) is 0 Å². The maximum atomic E-state index is 12.9. The highest BCUT2D eigenvalue weighted by atomic mass is 16.5. The molecule has 1 aliphatic carbocycles. The number of carbonyl (C=O) groups excluding carboxylic acids is 2. The Kier molecular flexibility index (Phi) is 6.42. The molecule has 164 valence electrons. The van der Waals surface area contributed by atoms with Crippen LogP contribution in [-0.2, 0) is 4.79 Å². The lowest BCUT2D eigenvalue weighted by atomic mass is 10.0. The van der Waals surface area contributed by atoms with E-state index in [9.17, 15) is 9.59 Å². The zero-order valence-corrected chi connectivity index (χ0v) is 18.0. The van der Waals surface area contributed by atoms with Crippen LogP contribution in [0.3, 0.4) is 0 Å². The number of nitrogens with zero attached hydrogens (tertiary/aromatic N) is 1. The van der Waals surface area contributed by atoms with Crippen LogP contribution >= 0.6 is 0 Å². The highest BCUT2D eigenvalue weighted by Gasteiger charge is 2.30. The molecule has 1 atom stereocenters. The lowest BCUT2D eigenvalue weighted by molar-refractivity contribution is -0.117. The third kappa shape index (κ3) is 4.99. The number of hydrogen-bond donors (Lipinski definition) is 2. The quantitative estimate of drug-likeness (QED) is 0.681. The van der Waals surface area contributed by atoms with Gasteiger partial charge in [0.1, 0.15) is 11.5 Å². The molecule has 2 aromatic rings. The highest BCUT2D eigenvalue weighted by molar-refractivity contribution is 6.04. The average Bonchev–Trinajstić information content (AvgIpc) is 3.48. The summed E-state index contributed by atoms with van der Waals surface area (Å²) in [5.74, 6) is 1.28. The van der Waals surface area contributed by atoms with Crippen molar-refractivity contribution >= 4 is 17.5 Å². The normalized spacial score (nSPS) is 18.5. The van der Waals surface area contributed by atoms with Gasteiger partial charge in [0.15, 0.2) is 0 Å². The van der Waals surface area contributed by atoms with Gasteiger partial charge < -0.3 is 20.1 Å². The van der Waals surface area contributed by atoms with E-state index in [4.69, 9.17) is 9.47 Å². The Morgan fingerprint density at radius 2 is 1.87 bits per heavy atom. The van der Waals surface area contributed by atoms with E-state index in [1.54, 1.807) is 26.4 Å². The molecule has 7 nitrogen and oxygen atoms in total. The van der Waals surface area contributed by atoms with Crippen molar-refractivity contribution in [3.63, 3.8) is 0 Å². The summed E-state index contributed by atoms with van der Waals surface area (Å²) in [5.41, 5.74) is 2.06. The molecular weight excluding hydrogens is 394 g/mol. The van der Waals surface area contributed by atoms with Crippen molar-refractivity contribution in [2.45, 2.75) is 37.8 Å². The maximum Gasteiger partial charge on any atom is 0.253 e. The van der Waals surface area contributed by atoms with E-state index in [1.165, 1.54) is 0 Å². The van der Waals surface area contributed by atoms with Crippen molar-refractivity contribution in [1.82, 2.24) is 10.2 Å². The van der Waals surface area contributed by atoms with Gasteiger partial charge in [0.25, 0.3) is 5.91 Å². The molecule has 0 spiro atoms. The number of methoxy groups -OCH3 is 2. The second kappa shape index (κ2) is 9.39. The summed E-state index contributed by atoms with van der Waals surface area (Å²) in [7, 11) is 3.29. The van der Waals surface area contributed by atoms with E-state index in [0.29, 0.717) is 11.3 Å². The molecule has 0 unspecified atom stereocenters. The van der Waals surface area contributed by atoms with Crippen LogP contribution < -0.4 is 20.1 Å². The number of nitrogens with one attached hydrogen (secondary N) is 2. The number of anilines is 1. The van der Waals surface area contributed by atoms with E-state index < -0.39 is 0 Å². The van der Waals surface area contributed by atoms with Gasteiger partial charge >= 0.3 is 0 Å². The number of rotatable bonds is 8. The van der Waals surface area contributed by atoms with E-state index in [-0.39, 0.29) is 30.4 Å². The number of hydrogen-bond acceptors (Lipinski definition) is 5. The average molecular weight is 424 g/mol. The fraction of sp³-hybridized carbons (Fsp3) is 0.417. The molecule has 0 radical (unpaired) electrons. The van der Waals surface area contributed by atoms with Gasteiger partial charge in [0, 0.05) is 17.6 Å². The Bertz CT molecular complexity index is 958. The van der Waals surface area contributed by atoms with E-state index in [2.05, 4.69) is 15.5 Å². The van der Waals surface area contributed by atoms with Gasteiger partial charge in [-0.2, -0.15) is 0 Å². The first kappa shape index (κ1) is 21.2. The van der Waals surface area contributed by atoms with Gasteiger partial charge in [0.2, 0.25) is 5.91 Å². The second-order valence-corrected chi connectivity index (χ2v) is 8.08. The van der Waals surface area contributed by atoms with Gasteiger partial charge in [-0.1, -0.05) is 12.1 Å². The zero-order chi connectivity index (χ0) is 21.8. The zero-order valence-electron chi connectivity index (χ0n) is 18.0. The van der Waals surface area contributed by atoms with E-state index >= 15 is 0 Å². The molecule has 0 bridgehead atoms. The summed E-state index contributed by atoms with van der Waals surface area (Å²) in [6, 6.07) is 13.2. The van der Waals surface area contributed by atoms with Crippen LogP contribution in [0.15, 0.2) is 42.5 Å². The van der Waals surface area contributed by atoms with Crippen LogP contribution in [0.5, 0.6) is 11.5 Å². The van der Waals surface area contributed by atoms with Crippen LogP contribution in [0.1, 0.15) is 47.6 Å². The third-order valence-corrected chi connectivity index (χ3v) is 5.86. The Balaban J connectivity index is 1.46. The number of amides is 2. The Hall–Kier alpha value is -3.06. The molecule has 4 rings (SSSR count). The van der Waals surface area contributed by atoms with Crippen molar-refractivity contribution in [3.8, 4) is 11.5 Å². The minimum Gasteiger partial charge on any atom is -0.497 e. The number of ether oxygens (including phenoxy) is 2. The lowest BCUT2D eigenvalue weighted by Gasteiger charge is -2.26. The minimum atomic E-state index is -0.140. The predicted molar refractivity (Wildman–Crippen MR) is 119 cm³/mol. The first-order valence-corrected chi connectivity index (χ1v) is 10.7. The molecule has 31 heavy (non-hydrogen) atoms. The van der Waals surface area contributed by atoms with Crippen molar-refractivity contribution in [3.05, 3.63) is 53.6 Å². The largest absolute Gasteiger partial charge is 0.497 e. The van der Waals surface area contributed by atoms with Gasteiger partial charge in [-0.3, -0.25) is 14.5 Å². The molecule has 2 aromatic carbocycles. The number of benzene rings is 2. The highest BCUT2D eigenvalue weighted by Crippen LogP contribution is 2.38. The first-order valence-electron chi connectivity index (χ1n) is 10.7. The van der Waals surface area contributed by atoms with Crippen LogP contribution in [-0.4, -0.2) is 50.1 Å². The van der Waals surface area contributed by atoms with Gasteiger partial charge in [-0.15, -0.1) is 0 Å². The first-order chi connectivity index (χ1) is 15.1. The minimum absolute atomic E-state index is 0.0733. The summed E-state index contributed by atoms with van der Waals surface area (Å²) in [4.78, 5) is 27.6. The van der Waals surface area contributed by atoms with Gasteiger partial charge in [-0.25, -0.2) is 0 Å². The smallest absolute Gasteiger partial charge is 0.253 e. The molecule has 2 N–H and O–H groups in total. The molecule has 1 heterocycles. The summed E-state index contributed by atoms with van der Waals surface area (Å²) in [6.45, 7) is 1.06. The monoisotopic (exact) mass is 423 g/mol. The number of likely N-dealkylation sites (tertiary alicyclic amines) is 1. The molecule has 1 aliphatic heterocycles. The summed E-state index contributed by atoms with van der Waals surface area (Å²) in [6.07, 6.45) is 3.98. The van der Waals surface area contributed by atoms with Crippen LogP contribution in [0.4, 0.5) is 5.69 Å². The molecule has 2 aliphatic rings. The SMILES string of the molecule is COc1ccc(OC)c([C@H]2CCCN2CC(=O)Nc2ccccc2C(=O)NC2CC2)c1. The Labute approximate surface area is 182 Å². The fourth-order valence-electron chi connectivity index (χ4n) is 4.12. The molecule has 1 saturated carbocycles. The summed E-state index contributed by atoms with van der Waals surface area (Å²) in [5, 5.41) is 5.92. The maximum absolute atomic E-state index is 12.9. The molecule has 1 saturated heterocycles. The lowest BCUT2D eigenvalue weighted by Crippen LogP contribution is -2.34. The Morgan fingerprint density at radius 3 is 2.61 bits per heavy atom.